The van der Waals surface area contributed by atoms with Gasteiger partial charge in [0.05, 0.1) is 4.90 Å². The van der Waals surface area contributed by atoms with Crippen LogP contribution >= 0.6 is 11.6 Å². The zero-order valence-corrected chi connectivity index (χ0v) is 18.3. The van der Waals surface area contributed by atoms with Gasteiger partial charge in [0.25, 0.3) is 5.91 Å². The van der Waals surface area contributed by atoms with Gasteiger partial charge in [0.15, 0.2) is 6.10 Å². The Morgan fingerprint density at radius 2 is 1.84 bits per heavy atom. The van der Waals surface area contributed by atoms with Crippen LogP contribution in [0.1, 0.15) is 18.1 Å². The van der Waals surface area contributed by atoms with Crippen LogP contribution in [-0.2, 0) is 14.8 Å². The lowest BCUT2D eigenvalue weighted by atomic mass is 10.1. The fourth-order valence-electron chi connectivity index (χ4n) is 3.81. The minimum absolute atomic E-state index is 0.144. The van der Waals surface area contributed by atoms with Crippen LogP contribution in [0.25, 0.3) is 10.8 Å². The molecule has 1 atom stereocenters. The van der Waals surface area contributed by atoms with E-state index in [0.29, 0.717) is 28.9 Å². The summed E-state index contributed by atoms with van der Waals surface area (Å²) in [7, 11) is -3.76. The lowest BCUT2D eigenvalue weighted by Crippen LogP contribution is -2.39. The summed E-state index contributed by atoms with van der Waals surface area (Å²) >= 11 is 6.11. The summed E-state index contributed by atoms with van der Waals surface area (Å²) in [6, 6.07) is 13.4. The molecule has 0 aliphatic carbocycles. The Kier molecular flexibility index (Phi) is 6.24. The summed E-state index contributed by atoms with van der Waals surface area (Å²) in [6.07, 6.45) is 2.28. The van der Waals surface area contributed by atoms with Crippen LogP contribution in [-0.4, -0.2) is 59.8 Å². The molecular formula is C22H22ClN3O4S. The van der Waals surface area contributed by atoms with Gasteiger partial charge in [0.2, 0.25) is 10.0 Å². The Morgan fingerprint density at radius 3 is 2.65 bits per heavy atom. The number of benzene rings is 2. The summed E-state index contributed by atoms with van der Waals surface area (Å²) in [5, 5.41) is 12.2. The summed E-state index contributed by atoms with van der Waals surface area (Å²) < 4.78 is 28.1. The molecule has 9 heteroatoms. The average Bonchev–Trinajstić information content (AvgIpc) is 3.05. The van der Waals surface area contributed by atoms with Crippen molar-refractivity contribution in [2.24, 2.45) is 0 Å². The number of hydrogen-bond donors (Lipinski definition) is 1. The number of carbonyl (C=O) groups excluding carboxylic acids is 1. The Balaban J connectivity index is 1.53. The van der Waals surface area contributed by atoms with Gasteiger partial charge in [-0.05, 0) is 24.6 Å². The first-order chi connectivity index (χ1) is 14.9. The second-order valence-corrected chi connectivity index (χ2v) is 9.67. The maximum Gasteiger partial charge on any atom is 0.256 e. The monoisotopic (exact) mass is 459 g/mol. The van der Waals surface area contributed by atoms with Crippen molar-refractivity contribution < 1.29 is 18.3 Å². The predicted octanol–water partition coefficient (Wildman–Crippen LogP) is 2.84. The lowest BCUT2D eigenvalue weighted by molar-refractivity contribution is -0.140. The number of aromatic nitrogens is 1. The highest BCUT2D eigenvalue weighted by molar-refractivity contribution is 7.89. The number of aliphatic hydroxyl groups is 1. The smallest absolute Gasteiger partial charge is 0.256 e. The van der Waals surface area contributed by atoms with Gasteiger partial charge in [-0.2, -0.15) is 4.31 Å². The van der Waals surface area contributed by atoms with Gasteiger partial charge in [-0.25, -0.2) is 8.42 Å². The van der Waals surface area contributed by atoms with Crippen molar-refractivity contribution in [2.45, 2.75) is 17.4 Å². The van der Waals surface area contributed by atoms with Crippen molar-refractivity contribution in [1.82, 2.24) is 14.2 Å². The van der Waals surface area contributed by atoms with Crippen LogP contribution in [0, 0.1) is 0 Å². The highest BCUT2D eigenvalue weighted by Crippen LogP contribution is 2.27. The first-order valence-corrected chi connectivity index (χ1v) is 11.8. The number of hydrogen-bond acceptors (Lipinski definition) is 5. The van der Waals surface area contributed by atoms with E-state index >= 15 is 0 Å². The summed E-state index contributed by atoms with van der Waals surface area (Å²) in [5.41, 5.74) is 0.340. The topological polar surface area (TPSA) is 90.8 Å². The molecule has 3 aromatic rings. The highest BCUT2D eigenvalue weighted by Gasteiger charge is 2.31. The molecule has 1 N–H and O–H groups in total. The number of pyridine rings is 1. The molecule has 0 radical (unpaired) electrons. The molecule has 4 rings (SSSR count). The Hall–Kier alpha value is -2.52. The molecule has 1 aliphatic heterocycles. The SMILES string of the molecule is O=C([C@H](O)c1ccccc1Cl)N1CCCN(S(=O)(=O)c2cccc3cnccc23)CC1. The zero-order valence-electron chi connectivity index (χ0n) is 16.7. The molecule has 0 bridgehead atoms. The molecule has 2 aromatic carbocycles. The van der Waals surface area contributed by atoms with Gasteiger partial charge in [-0.1, -0.05) is 41.9 Å². The standard InChI is InChI=1S/C22H22ClN3O4S/c23-19-7-2-1-6-18(19)21(27)22(28)25-11-4-12-26(14-13-25)31(29,30)20-8-3-5-16-15-24-10-9-17(16)20/h1-3,5-10,15,21,27H,4,11-14H2/t21-/m1/s1. The van der Waals surface area contributed by atoms with Crippen LogP contribution in [0.2, 0.25) is 5.02 Å². The maximum absolute atomic E-state index is 13.4. The van der Waals surface area contributed by atoms with Crippen molar-refractivity contribution in [3.05, 3.63) is 71.5 Å². The maximum atomic E-state index is 13.4. The lowest BCUT2D eigenvalue weighted by Gasteiger charge is -2.24. The van der Waals surface area contributed by atoms with E-state index in [9.17, 15) is 18.3 Å². The van der Waals surface area contributed by atoms with Gasteiger partial charge in [0, 0.05) is 59.9 Å². The molecular weight excluding hydrogens is 438 g/mol. The zero-order chi connectivity index (χ0) is 22.0. The molecule has 1 fully saturated rings. The van der Waals surface area contributed by atoms with E-state index in [1.807, 2.05) is 6.07 Å². The van der Waals surface area contributed by atoms with Gasteiger partial charge >= 0.3 is 0 Å². The quantitative estimate of drug-likeness (QED) is 0.647. The first-order valence-electron chi connectivity index (χ1n) is 9.94. The van der Waals surface area contributed by atoms with Gasteiger partial charge in [-0.15, -0.1) is 0 Å². The number of amides is 1. The largest absolute Gasteiger partial charge is 0.378 e. The molecule has 7 nitrogen and oxygen atoms in total. The summed E-state index contributed by atoms with van der Waals surface area (Å²) in [5.74, 6) is -0.483. The summed E-state index contributed by atoms with van der Waals surface area (Å²) in [6.45, 7) is 0.971. The van der Waals surface area contributed by atoms with E-state index in [1.54, 1.807) is 54.9 Å². The molecule has 1 amide bonds. The minimum atomic E-state index is -3.76. The Bertz CT molecular complexity index is 1210. The van der Waals surface area contributed by atoms with Crippen LogP contribution in [0.3, 0.4) is 0 Å². The number of carbonyl (C=O) groups is 1. The second-order valence-electron chi connectivity index (χ2n) is 7.36. The molecule has 31 heavy (non-hydrogen) atoms. The van der Waals surface area contributed by atoms with Crippen LogP contribution in [0.5, 0.6) is 0 Å². The third-order valence-corrected chi connectivity index (χ3v) is 7.76. The van der Waals surface area contributed by atoms with E-state index in [-0.39, 0.29) is 24.5 Å². The van der Waals surface area contributed by atoms with Crippen LogP contribution in [0.4, 0.5) is 0 Å². The predicted molar refractivity (Wildman–Crippen MR) is 118 cm³/mol. The average molecular weight is 460 g/mol. The fraction of sp³-hybridized carbons (Fsp3) is 0.273. The normalized spacial score (nSPS) is 16.8. The van der Waals surface area contributed by atoms with Crippen molar-refractivity contribution in [3.63, 3.8) is 0 Å². The van der Waals surface area contributed by atoms with Gasteiger partial charge in [0.1, 0.15) is 0 Å². The van der Waals surface area contributed by atoms with Gasteiger partial charge < -0.3 is 10.0 Å². The molecule has 2 heterocycles. The first kappa shape index (κ1) is 21.7. The third kappa shape index (κ3) is 4.29. The van der Waals surface area contributed by atoms with Crippen molar-refractivity contribution >= 4 is 38.3 Å². The highest BCUT2D eigenvalue weighted by atomic mass is 35.5. The van der Waals surface area contributed by atoms with Crippen molar-refractivity contribution in [2.75, 3.05) is 26.2 Å². The number of aliphatic hydroxyl groups excluding tert-OH is 1. The number of halogens is 1. The number of rotatable bonds is 4. The Labute approximate surface area is 185 Å². The molecule has 0 spiro atoms. The number of fused-ring (bicyclic) bond motifs is 1. The van der Waals surface area contributed by atoms with E-state index in [2.05, 4.69) is 4.98 Å². The molecule has 1 aromatic heterocycles. The molecule has 162 valence electrons. The number of nitrogens with zero attached hydrogens (tertiary/aromatic N) is 3. The third-order valence-electron chi connectivity index (χ3n) is 5.46. The molecule has 0 unspecified atom stereocenters. The second kappa shape index (κ2) is 8.92. The van der Waals surface area contributed by atoms with E-state index < -0.39 is 22.0 Å². The number of sulfonamides is 1. The van der Waals surface area contributed by atoms with E-state index in [0.717, 1.165) is 5.39 Å². The fourth-order valence-corrected chi connectivity index (χ4v) is 5.74. The van der Waals surface area contributed by atoms with E-state index in [4.69, 9.17) is 11.6 Å². The van der Waals surface area contributed by atoms with Crippen LogP contribution < -0.4 is 0 Å². The Morgan fingerprint density at radius 1 is 1.03 bits per heavy atom. The molecule has 0 saturated carbocycles. The molecule has 1 saturated heterocycles. The van der Waals surface area contributed by atoms with Crippen molar-refractivity contribution in [3.8, 4) is 0 Å². The van der Waals surface area contributed by atoms with Crippen LogP contribution in [0.15, 0.2) is 65.8 Å². The van der Waals surface area contributed by atoms with E-state index in [1.165, 1.54) is 9.21 Å². The van der Waals surface area contributed by atoms with Gasteiger partial charge in [-0.3, -0.25) is 9.78 Å². The summed E-state index contributed by atoms with van der Waals surface area (Å²) in [4.78, 5) is 18.6. The minimum Gasteiger partial charge on any atom is -0.378 e. The van der Waals surface area contributed by atoms with Crippen molar-refractivity contribution in [1.29, 1.82) is 0 Å². The molecule has 1 aliphatic rings.